The van der Waals surface area contributed by atoms with Crippen molar-refractivity contribution in [2.24, 2.45) is 0 Å². The Labute approximate surface area is 75.3 Å². The van der Waals surface area contributed by atoms with Crippen LogP contribution >= 0.6 is 0 Å². The molecule has 0 spiro atoms. The lowest BCUT2D eigenvalue weighted by Gasteiger charge is -2.04. The highest BCUT2D eigenvalue weighted by molar-refractivity contribution is 5.91. The minimum atomic E-state index is 0.0940. The molecular formula is C10H9NO2. The Hall–Kier alpha value is -1.77. The first-order valence-electron chi connectivity index (χ1n) is 3.96. The van der Waals surface area contributed by atoms with E-state index in [0.717, 1.165) is 5.56 Å². The third kappa shape index (κ3) is 1.09. The lowest BCUT2D eigenvalue weighted by molar-refractivity contribution is 0.468. The second-order valence-corrected chi connectivity index (χ2v) is 2.96. The van der Waals surface area contributed by atoms with Gasteiger partial charge in [-0.2, -0.15) is 0 Å². The Morgan fingerprint density at radius 1 is 1.08 bits per heavy atom. The van der Waals surface area contributed by atoms with Crippen LogP contribution in [-0.4, -0.2) is 15.2 Å². The van der Waals surface area contributed by atoms with Crippen LogP contribution in [0.5, 0.6) is 11.5 Å². The topological polar surface area (TPSA) is 53.4 Å². The van der Waals surface area contributed by atoms with Crippen molar-refractivity contribution in [2.45, 2.75) is 6.92 Å². The summed E-state index contributed by atoms with van der Waals surface area (Å²) < 4.78 is 0. The molecule has 13 heavy (non-hydrogen) atoms. The second kappa shape index (κ2) is 2.62. The van der Waals surface area contributed by atoms with Gasteiger partial charge in [0.25, 0.3) is 0 Å². The summed E-state index contributed by atoms with van der Waals surface area (Å²) in [6.45, 7) is 1.86. The molecule has 66 valence electrons. The van der Waals surface area contributed by atoms with Crippen molar-refractivity contribution >= 4 is 10.9 Å². The number of phenolic OH excluding ortho intramolecular Hbond substituents is 2. The number of fused-ring (bicyclic) bond motifs is 1. The van der Waals surface area contributed by atoms with Crippen LogP contribution in [0.2, 0.25) is 0 Å². The molecule has 0 aliphatic heterocycles. The van der Waals surface area contributed by atoms with Gasteiger partial charge in [0.1, 0.15) is 17.0 Å². The molecule has 0 saturated heterocycles. The highest BCUT2D eigenvalue weighted by Crippen LogP contribution is 2.31. The van der Waals surface area contributed by atoms with Gasteiger partial charge in [-0.15, -0.1) is 0 Å². The van der Waals surface area contributed by atoms with Gasteiger partial charge in [0, 0.05) is 11.6 Å². The Kier molecular flexibility index (Phi) is 1.59. The molecule has 2 N–H and O–H groups in total. The van der Waals surface area contributed by atoms with E-state index in [2.05, 4.69) is 4.98 Å². The van der Waals surface area contributed by atoms with Crippen molar-refractivity contribution in [1.82, 2.24) is 4.98 Å². The molecule has 0 amide bonds. The predicted octanol–water partition coefficient (Wildman–Crippen LogP) is 1.95. The fraction of sp³-hybridized carbons (Fsp3) is 0.100. The minimum absolute atomic E-state index is 0.0940. The van der Waals surface area contributed by atoms with Crippen LogP contribution in [0.4, 0.5) is 0 Å². The summed E-state index contributed by atoms with van der Waals surface area (Å²) in [6, 6.07) is 4.69. The monoisotopic (exact) mass is 175 g/mol. The Morgan fingerprint density at radius 3 is 2.46 bits per heavy atom. The zero-order chi connectivity index (χ0) is 9.42. The van der Waals surface area contributed by atoms with E-state index in [-0.39, 0.29) is 11.5 Å². The molecule has 1 heterocycles. The molecule has 0 aliphatic rings. The van der Waals surface area contributed by atoms with E-state index in [1.54, 1.807) is 12.3 Å². The number of aryl methyl sites for hydroxylation is 1. The van der Waals surface area contributed by atoms with E-state index in [9.17, 15) is 10.2 Å². The van der Waals surface area contributed by atoms with Gasteiger partial charge in [0.05, 0.1) is 0 Å². The summed E-state index contributed by atoms with van der Waals surface area (Å²) in [5.74, 6) is 0.245. The average molecular weight is 175 g/mol. The lowest BCUT2D eigenvalue weighted by atomic mass is 10.1. The van der Waals surface area contributed by atoms with Crippen LogP contribution in [0.25, 0.3) is 10.9 Å². The van der Waals surface area contributed by atoms with E-state index in [1.807, 2.05) is 6.92 Å². The molecule has 1 aromatic heterocycles. The van der Waals surface area contributed by atoms with Crippen LogP contribution in [0.1, 0.15) is 5.56 Å². The van der Waals surface area contributed by atoms with E-state index < -0.39 is 0 Å². The Bertz CT molecular complexity index is 457. The highest BCUT2D eigenvalue weighted by Gasteiger charge is 2.06. The van der Waals surface area contributed by atoms with E-state index in [4.69, 9.17) is 0 Å². The largest absolute Gasteiger partial charge is 0.507 e. The second-order valence-electron chi connectivity index (χ2n) is 2.96. The summed E-state index contributed by atoms with van der Waals surface area (Å²) in [4.78, 5) is 3.99. The van der Waals surface area contributed by atoms with Gasteiger partial charge in [0.2, 0.25) is 0 Å². The molecule has 2 aromatic rings. The van der Waals surface area contributed by atoms with Gasteiger partial charge in [-0.3, -0.25) is 4.98 Å². The number of rotatable bonds is 0. The van der Waals surface area contributed by atoms with Gasteiger partial charge < -0.3 is 10.2 Å². The van der Waals surface area contributed by atoms with Crippen LogP contribution in [-0.2, 0) is 0 Å². The molecule has 0 atom stereocenters. The van der Waals surface area contributed by atoms with Gasteiger partial charge in [-0.25, -0.2) is 0 Å². The zero-order valence-corrected chi connectivity index (χ0v) is 7.15. The molecular weight excluding hydrogens is 166 g/mol. The van der Waals surface area contributed by atoms with Crippen LogP contribution in [0, 0.1) is 6.92 Å². The summed E-state index contributed by atoms with van der Waals surface area (Å²) in [5, 5.41) is 19.6. The summed E-state index contributed by atoms with van der Waals surface area (Å²) in [7, 11) is 0. The lowest BCUT2D eigenvalue weighted by Crippen LogP contribution is -1.83. The first-order chi connectivity index (χ1) is 6.20. The highest BCUT2D eigenvalue weighted by atomic mass is 16.3. The molecule has 0 radical (unpaired) electrons. The maximum absolute atomic E-state index is 9.53. The zero-order valence-electron chi connectivity index (χ0n) is 7.15. The van der Waals surface area contributed by atoms with Crippen molar-refractivity contribution < 1.29 is 10.2 Å². The normalized spacial score (nSPS) is 10.5. The minimum Gasteiger partial charge on any atom is -0.507 e. The Morgan fingerprint density at radius 2 is 1.77 bits per heavy atom. The fourth-order valence-electron chi connectivity index (χ4n) is 1.40. The number of aromatic nitrogens is 1. The number of pyridine rings is 1. The molecule has 0 bridgehead atoms. The summed E-state index contributed by atoms with van der Waals surface area (Å²) in [5.41, 5.74) is 1.35. The molecule has 3 nitrogen and oxygen atoms in total. The first-order valence-corrected chi connectivity index (χ1v) is 3.96. The van der Waals surface area contributed by atoms with Crippen molar-refractivity contribution in [1.29, 1.82) is 0 Å². The number of hydrogen-bond donors (Lipinski definition) is 2. The smallest absolute Gasteiger partial charge is 0.142 e. The molecule has 2 rings (SSSR count). The molecule has 0 aliphatic carbocycles. The van der Waals surface area contributed by atoms with Crippen molar-refractivity contribution in [3.8, 4) is 11.5 Å². The van der Waals surface area contributed by atoms with Crippen molar-refractivity contribution in [3.63, 3.8) is 0 Å². The van der Waals surface area contributed by atoms with E-state index in [0.29, 0.717) is 10.9 Å². The van der Waals surface area contributed by atoms with Gasteiger partial charge in [0.15, 0.2) is 0 Å². The third-order valence-electron chi connectivity index (χ3n) is 2.06. The fourth-order valence-corrected chi connectivity index (χ4v) is 1.40. The molecule has 1 aromatic carbocycles. The van der Waals surface area contributed by atoms with Crippen LogP contribution < -0.4 is 0 Å². The van der Waals surface area contributed by atoms with E-state index >= 15 is 0 Å². The standard InChI is InChI=1S/C10H9NO2/c1-6-4-5-11-10-8(13)3-2-7(12)9(6)10/h2-5,12-13H,1H3. The average Bonchev–Trinajstić information content (AvgIpc) is 2.12. The number of phenols is 2. The van der Waals surface area contributed by atoms with Crippen molar-refractivity contribution in [2.75, 3.05) is 0 Å². The van der Waals surface area contributed by atoms with Gasteiger partial charge in [-0.1, -0.05) is 0 Å². The van der Waals surface area contributed by atoms with Gasteiger partial charge >= 0.3 is 0 Å². The predicted molar refractivity (Wildman–Crippen MR) is 49.8 cm³/mol. The van der Waals surface area contributed by atoms with Crippen molar-refractivity contribution in [3.05, 3.63) is 30.0 Å². The quantitative estimate of drug-likeness (QED) is 0.602. The SMILES string of the molecule is Cc1ccnc2c(O)ccc(O)c12. The third-order valence-corrected chi connectivity index (χ3v) is 2.06. The van der Waals surface area contributed by atoms with Crippen LogP contribution in [0.15, 0.2) is 24.4 Å². The number of aromatic hydroxyl groups is 2. The maximum atomic E-state index is 9.53. The number of nitrogens with zero attached hydrogens (tertiary/aromatic N) is 1. The number of benzene rings is 1. The molecule has 0 saturated carbocycles. The molecule has 0 fully saturated rings. The van der Waals surface area contributed by atoms with Gasteiger partial charge in [-0.05, 0) is 30.7 Å². The molecule has 0 unspecified atom stereocenters. The summed E-state index contributed by atoms with van der Waals surface area (Å²) >= 11 is 0. The van der Waals surface area contributed by atoms with Crippen LogP contribution in [0.3, 0.4) is 0 Å². The first kappa shape index (κ1) is 7.86. The summed E-state index contributed by atoms with van der Waals surface area (Å²) in [6.07, 6.45) is 1.61. The Balaban J connectivity index is 3.00. The van der Waals surface area contributed by atoms with E-state index in [1.165, 1.54) is 12.1 Å². The maximum Gasteiger partial charge on any atom is 0.142 e. The molecule has 3 heteroatoms. The number of hydrogen-bond acceptors (Lipinski definition) is 3.